The number of carbonyl (C=O) groups is 2. The van der Waals surface area contributed by atoms with Crippen LogP contribution in [0, 0.1) is 0 Å². The summed E-state index contributed by atoms with van der Waals surface area (Å²) >= 11 is 0. The van der Waals surface area contributed by atoms with E-state index in [1.165, 1.54) is 12.4 Å². The fourth-order valence-corrected chi connectivity index (χ4v) is 1.16. The van der Waals surface area contributed by atoms with E-state index in [1.807, 2.05) is 0 Å². The highest BCUT2D eigenvalue weighted by Gasteiger charge is 1.99. The van der Waals surface area contributed by atoms with E-state index in [4.69, 9.17) is 9.47 Å². The molecule has 0 bridgehead atoms. The van der Waals surface area contributed by atoms with Gasteiger partial charge in [-0.3, -0.25) is 0 Å². The van der Waals surface area contributed by atoms with Crippen LogP contribution in [0.5, 0.6) is 0 Å². The molecule has 102 valence electrons. The second kappa shape index (κ2) is 11.8. The number of rotatable bonds is 7. The Morgan fingerprint density at radius 1 is 0.833 bits per heavy atom. The molecular weight excluding hydrogens is 236 g/mol. The van der Waals surface area contributed by atoms with Crippen LogP contribution in [0.4, 0.5) is 9.59 Å². The van der Waals surface area contributed by atoms with Crippen molar-refractivity contribution in [3.8, 4) is 0 Å². The summed E-state index contributed by atoms with van der Waals surface area (Å²) in [6, 6.07) is 0. The van der Waals surface area contributed by atoms with E-state index in [9.17, 15) is 9.59 Å². The van der Waals surface area contributed by atoms with Gasteiger partial charge in [-0.05, 0) is 39.5 Å². The number of hydrogen-bond donors (Lipinski definition) is 0. The summed E-state index contributed by atoms with van der Waals surface area (Å²) in [6.07, 6.45) is 5.09. The lowest BCUT2D eigenvalue weighted by atomic mass is 10.2. The molecule has 0 heterocycles. The van der Waals surface area contributed by atoms with E-state index in [2.05, 4.69) is 9.98 Å². The van der Waals surface area contributed by atoms with Crippen LogP contribution < -0.4 is 0 Å². The molecule has 0 N–H and O–H groups in total. The molecule has 0 saturated carbocycles. The zero-order valence-corrected chi connectivity index (χ0v) is 10.9. The van der Waals surface area contributed by atoms with Gasteiger partial charge >= 0.3 is 12.2 Å². The van der Waals surface area contributed by atoms with Gasteiger partial charge in [-0.25, -0.2) is 9.59 Å². The predicted octanol–water partition coefficient (Wildman–Crippen LogP) is 3.00. The second-order valence-corrected chi connectivity index (χ2v) is 3.42. The van der Waals surface area contributed by atoms with Crippen LogP contribution >= 0.6 is 0 Å². The van der Waals surface area contributed by atoms with Crippen molar-refractivity contribution in [2.24, 2.45) is 9.98 Å². The molecule has 0 aliphatic rings. The Hall–Kier alpha value is -1.72. The molecule has 0 rings (SSSR count). The Bertz CT molecular complexity index is 270. The lowest BCUT2D eigenvalue weighted by Crippen LogP contribution is -2.02. The molecular formula is C12H20N2O4. The number of ether oxygens (including phenoxy) is 2. The lowest BCUT2D eigenvalue weighted by molar-refractivity contribution is 0.149. The number of carbonyl (C=O) groups excluding carboxylic acids is 2. The summed E-state index contributed by atoms with van der Waals surface area (Å²) in [6.45, 7) is 4.06. The smallest absolute Gasteiger partial charge is 0.433 e. The van der Waals surface area contributed by atoms with E-state index < -0.39 is 12.2 Å². The van der Waals surface area contributed by atoms with Gasteiger partial charge in [0.05, 0.1) is 13.2 Å². The van der Waals surface area contributed by atoms with E-state index >= 15 is 0 Å². The molecule has 0 spiro atoms. The zero-order valence-electron chi connectivity index (χ0n) is 10.9. The molecule has 0 aliphatic carbocycles. The highest BCUT2D eigenvalue weighted by atomic mass is 16.5. The molecule has 0 aromatic heterocycles. The average Bonchev–Trinajstić information content (AvgIpc) is 2.33. The maximum Gasteiger partial charge on any atom is 0.433 e. The van der Waals surface area contributed by atoms with Gasteiger partial charge in [0.2, 0.25) is 0 Å². The van der Waals surface area contributed by atoms with Crippen molar-refractivity contribution in [1.82, 2.24) is 0 Å². The lowest BCUT2D eigenvalue weighted by Gasteiger charge is -2.02. The Balaban J connectivity index is 3.26. The highest BCUT2D eigenvalue weighted by molar-refractivity contribution is 5.78. The summed E-state index contributed by atoms with van der Waals surface area (Å²) in [7, 11) is 0. The van der Waals surface area contributed by atoms with Gasteiger partial charge in [-0.1, -0.05) is 0 Å². The van der Waals surface area contributed by atoms with Crippen molar-refractivity contribution in [3.05, 3.63) is 0 Å². The average molecular weight is 256 g/mol. The van der Waals surface area contributed by atoms with Gasteiger partial charge in [-0.15, -0.1) is 0 Å². The van der Waals surface area contributed by atoms with Gasteiger partial charge in [0.25, 0.3) is 0 Å². The van der Waals surface area contributed by atoms with E-state index in [1.54, 1.807) is 13.8 Å². The minimum absolute atomic E-state index is 0.371. The quantitative estimate of drug-likeness (QED) is 0.518. The van der Waals surface area contributed by atoms with Gasteiger partial charge in [0.1, 0.15) is 0 Å². The SMILES string of the molecule is CC=NC(=O)OCCCCCCOC(=O)N=CC. The molecule has 0 aromatic carbocycles. The Morgan fingerprint density at radius 2 is 1.22 bits per heavy atom. The first kappa shape index (κ1) is 16.3. The largest absolute Gasteiger partial charge is 0.448 e. The van der Waals surface area contributed by atoms with Crippen molar-refractivity contribution in [1.29, 1.82) is 0 Å². The Labute approximate surface area is 107 Å². The van der Waals surface area contributed by atoms with Crippen LogP contribution in [0.15, 0.2) is 9.98 Å². The van der Waals surface area contributed by atoms with Crippen LogP contribution in [-0.2, 0) is 9.47 Å². The summed E-state index contributed by atoms with van der Waals surface area (Å²) in [5, 5.41) is 0. The summed E-state index contributed by atoms with van der Waals surface area (Å²) < 4.78 is 9.64. The van der Waals surface area contributed by atoms with Crippen LogP contribution in [0.3, 0.4) is 0 Å². The van der Waals surface area contributed by atoms with Crippen molar-refractivity contribution < 1.29 is 19.1 Å². The van der Waals surface area contributed by atoms with Gasteiger partial charge in [-0.2, -0.15) is 9.98 Å². The number of aliphatic imine (C=N–C) groups is 2. The summed E-state index contributed by atoms with van der Waals surface area (Å²) in [5.74, 6) is 0. The monoisotopic (exact) mass is 256 g/mol. The van der Waals surface area contributed by atoms with Gasteiger partial charge in [0.15, 0.2) is 0 Å². The van der Waals surface area contributed by atoms with Crippen molar-refractivity contribution in [3.63, 3.8) is 0 Å². The molecule has 6 heteroatoms. The van der Waals surface area contributed by atoms with E-state index in [-0.39, 0.29) is 0 Å². The molecule has 18 heavy (non-hydrogen) atoms. The topological polar surface area (TPSA) is 77.3 Å². The molecule has 0 aliphatic heterocycles. The highest BCUT2D eigenvalue weighted by Crippen LogP contribution is 2.01. The molecule has 0 aromatic rings. The maximum atomic E-state index is 10.8. The Kier molecular flexibility index (Phi) is 10.6. The van der Waals surface area contributed by atoms with Crippen LogP contribution in [0.25, 0.3) is 0 Å². The zero-order chi connectivity index (χ0) is 13.6. The van der Waals surface area contributed by atoms with Gasteiger partial charge < -0.3 is 9.47 Å². The number of unbranched alkanes of at least 4 members (excludes halogenated alkanes) is 3. The van der Waals surface area contributed by atoms with Crippen molar-refractivity contribution >= 4 is 24.6 Å². The first-order chi connectivity index (χ1) is 8.70. The van der Waals surface area contributed by atoms with Crippen LogP contribution in [-0.4, -0.2) is 37.8 Å². The van der Waals surface area contributed by atoms with E-state index in [0.717, 1.165) is 25.7 Å². The molecule has 0 radical (unpaired) electrons. The minimum atomic E-state index is -0.552. The predicted molar refractivity (Wildman–Crippen MR) is 69.5 cm³/mol. The normalized spacial score (nSPS) is 11.0. The number of amides is 2. The molecule has 6 nitrogen and oxygen atoms in total. The number of hydrogen-bond acceptors (Lipinski definition) is 4. The molecule has 0 unspecified atom stereocenters. The third-order valence-electron chi connectivity index (χ3n) is 1.96. The molecule has 0 fully saturated rings. The van der Waals surface area contributed by atoms with Crippen LogP contribution in [0.2, 0.25) is 0 Å². The second-order valence-electron chi connectivity index (χ2n) is 3.42. The van der Waals surface area contributed by atoms with Crippen LogP contribution in [0.1, 0.15) is 39.5 Å². The minimum Gasteiger partial charge on any atom is -0.448 e. The van der Waals surface area contributed by atoms with Gasteiger partial charge in [0, 0.05) is 12.4 Å². The fourth-order valence-electron chi connectivity index (χ4n) is 1.16. The maximum absolute atomic E-state index is 10.8. The fraction of sp³-hybridized carbons (Fsp3) is 0.667. The number of nitrogens with zero attached hydrogens (tertiary/aromatic N) is 2. The molecule has 2 amide bonds. The standard InChI is InChI=1S/C12H20N2O4/c1-3-13-11(15)17-9-7-5-6-8-10-18-12(16)14-4-2/h3-4H,5-10H2,1-2H3. The Morgan fingerprint density at radius 3 is 1.56 bits per heavy atom. The molecule has 0 saturated heterocycles. The van der Waals surface area contributed by atoms with Crippen molar-refractivity contribution in [2.75, 3.05) is 13.2 Å². The first-order valence-electron chi connectivity index (χ1n) is 6.01. The molecule has 0 atom stereocenters. The summed E-state index contributed by atoms with van der Waals surface area (Å²) in [5.41, 5.74) is 0. The van der Waals surface area contributed by atoms with Crippen molar-refractivity contribution in [2.45, 2.75) is 39.5 Å². The third kappa shape index (κ3) is 10.8. The third-order valence-corrected chi connectivity index (χ3v) is 1.96. The first-order valence-corrected chi connectivity index (χ1v) is 6.01. The summed E-state index contributed by atoms with van der Waals surface area (Å²) in [4.78, 5) is 28.6. The van der Waals surface area contributed by atoms with E-state index in [0.29, 0.717) is 13.2 Å².